The summed E-state index contributed by atoms with van der Waals surface area (Å²) in [6, 6.07) is 15.5. The molecule has 6 nitrogen and oxygen atoms in total. The summed E-state index contributed by atoms with van der Waals surface area (Å²) in [6.07, 6.45) is 1.87. The molecule has 2 N–H and O–H groups in total. The van der Waals surface area contributed by atoms with Gasteiger partial charge in [-0.25, -0.2) is 0 Å². The van der Waals surface area contributed by atoms with Gasteiger partial charge in [-0.3, -0.25) is 9.59 Å². The van der Waals surface area contributed by atoms with E-state index in [1.165, 1.54) is 0 Å². The third-order valence-corrected chi connectivity index (χ3v) is 5.50. The zero-order valence-electron chi connectivity index (χ0n) is 16.2. The zero-order chi connectivity index (χ0) is 20.2. The Morgan fingerprint density at radius 2 is 1.83 bits per heavy atom. The number of benzene rings is 2. The van der Waals surface area contributed by atoms with Crippen LogP contribution in [0.3, 0.4) is 0 Å². The minimum atomic E-state index is -0.849. The molecule has 2 aliphatic rings. The number of hydrogen-bond donors (Lipinski definition) is 2. The Morgan fingerprint density at radius 1 is 1.07 bits per heavy atom. The van der Waals surface area contributed by atoms with Crippen LogP contribution in [-0.2, 0) is 16.0 Å². The van der Waals surface area contributed by atoms with Crippen molar-refractivity contribution < 1.29 is 24.2 Å². The van der Waals surface area contributed by atoms with E-state index in [9.17, 15) is 9.59 Å². The van der Waals surface area contributed by atoms with E-state index < -0.39 is 5.97 Å². The van der Waals surface area contributed by atoms with E-state index in [0.29, 0.717) is 26.1 Å². The first-order valence-electron chi connectivity index (χ1n) is 10.1. The molecule has 3 atom stereocenters. The van der Waals surface area contributed by atoms with E-state index in [2.05, 4.69) is 5.32 Å². The molecular weight excluding hydrogens is 370 g/mol. The van der Waals surface area contributed by atoms with Gasteiger partial charge in [0.1, 0.15) is 13.2 Å². The molecule has 4 rings (SSSR count). The lowest BCUT2D eigenvalue weighted by molar-refractivity contribution is -0.137. The van der Waals surface area contributed by atoms with Gasteiger partial charge in [-0.1, -0.05) is 36.4 Å². The molecule has 0 radical (unpaired) electrons. The van der Waals surface area contributed by atoms with Gasteiger partial charge in [-0.2, -0.15) is 0 Å². The third kappa shape index (κ3) is 4.88. The Bertz CT molecular complexity index is 882. The summed E-state index contributed by atoms with van der Waals surface area (Å²) < 4.78 is 11.2. The van der Waals surface area contributed by atoms with Crippen LogP contribution in [0.2, 0.25) is 0 Å². The number of carboxylic acid groups (broad SMARTS) is 1. The molecule has 1 fully saturated rings. The number of ether oxygens (including phenoxy) is 2. The SMILES string of the molecule is O=C(O)CCC(Cc1ccccc1)NC(=O)C1CC1c1ccc2c(c1)OCCO2. The molecule has 6 heteroatoms. The average molecular weight is 395 g/mol. The standard InChI is InChI=1S/C23H25NO5/c25-22(26)9-7-17(12-15-4-2-1-3-5-15)24-23(27)19-14-18(19)16-6-8-20-21(13-16)29-11-10-28-20/h1-6,8,13,17-19H,7,9-12,14H2,(H,24,27)(H,25,26). The fourth-order valence-corrected chi connectivity index (χ4v) is 3.87. The highest BCUT2D eigenvalue weighted by atomic mass is 16.6. The first-order chi connectivity index (χ1) is 14.1. The number of rotatable bonds is 8. The van der Waals surface area contributed by atoms with Crippen molar-refractivity contribution in [2.75, 3.05) is 13.2 Å². The van der Waals surface area contributed by atoms with Crippen LogP contribution in [-0.4, -0.2) is 36.2 Å². The van der Waals surface area contributed by atoms with Gasteiger partial charge in [0, 0.05) is 18.4 Å². The maximum Gasteiger partial charge on any atom is 0.303 e. The maximum atomic E-state index is 12.8. The van der Waals surface area contributed by atoms with Crippen molar-refractivity contribution in [1.29, 1.82) is 0 Å². The molecule has 2 aromatic rings. The van der Waals surface area contributed by atoms with Gasteiger partial charge in [0.05, 0.1) is 0 Å². The van der Waals surface area contributed by atoms with Gasteiger partial charge < -0.3 is 19.9 Å². The van der Waals surface area contributed by atoms with Crippen molar-refractivity contribution in [1.82, 2.24) is 5.32 Å². The van der Waals surface area contributed by atoms with Crippen molar-refractivity contribution in [3.05, 3.63) is 59.7 Å². The topological polar surface area (TPSA) is 84.9 Å². The summed E-state index contributed by atoms with van der Waals surface area (Å²) in [4.78, 5) is 23.8. The maximum absolute atomic E-state index is 12.8. The number of fused-ring (bicyclic) bond motifs is 1. The Labute approximate surface area is 169 Å². The molecule has 3 unspecified atom stereocenters. The number of carbonyl (C=O) groups excluding carboxylic acids is 1. The third-order valence-electron chi connectivity index (χ3n) is 5.50. The minimum absolute atomic E-state index is 0.00351. The Hall–Kier alpha value is -3.02. The zero-order valence-corrected chi connectivity index (χ0v) is 16.2. The van der Waals surface area contributed by atoms with Crippen molar-refractivity contribution >= 4 is 11.9 Å². The number of nitrogens with one attached hydrogen (secondary N) is 1. The molecule has 1 aliphatic carbocycles. The van der Waals surface area contributed by atoms with Crippen LogP contribution in [0.25, 0.3) is 0 Å². The van der Waals surface area contributed by atoms with Crippen molar-refractivity contribution in [3.63, 3.8) is 0 Å². The highest BCUT2D eigenvalue weighted by molar-refractivity contribution is 5.83. The van der Waals surface area contributed by atoms with Gasteiger partial charge in [0.2, 0.25) is 5.91 Å². The molecule has 1 aliphatic heterocycles. The number of aliphatic carboxylic acids is 1. The molecule has 2 aromatic carbocycles. The van der Waals surface area contributed by atoms with Gasteiger partial charge in [-0.05, 0) is 48.4 Å². The first-order valence-corrected chi connectivity index (χ1v) is 10.1. The van der Waals surface area contributed by atoms with E-state index in [0.717, 1.165) is 29.0 Å². The van der Waals surface area contributed by atoms with Crippen molar-refractivity contribution in [2.45, 2.75) is 37.6 Å². The van der Waals surface area contributed by atoms with Crippen LogP contribution in [0.4, 0.5) is 0 Å². The van der Waals surface area contributed by atoms with E-state index in [1.54, 1.807) is 0 Å². The molecule has 0 saturated heterocycles. The van der Waals surface area contributed by atoms with Crippen LogP contribution in [0, 0.1) is 5.92 Å². The molecule has 1 heterocycles. The molecule has 0 bridgehead atoms. The second kappa shape index (κ2) is 8.55. The van der Waals surface area contributed by atoms with Crippen LogP contribution in [0.15, 0.2) is 48.5 Å². The lowest BCUT2D eigenvalue weighted by atomic mass is 10.0. The lowest BCUT2D eigenvalue weighted by Crippen LogP contribution is -2.38. The Balaban J connectivity index is 1.38. The van der Waals surface area contributed by atoms with Crippen LogP contribution in [0.5, 0.6) is 11.5 Å². The Morgan fingerprint density at radius 3 is 2.59 bits per heavy atom. The summed E-state index contributed by atoms with van der Waals surface area (Å²) in [5.74, 6) is 0.721. The normalized spacial score (nSPS) is 20.6. The van der Waals surface area contributed by atoms with Crippen LogP contribution in [0.1, 0.15) is 36.3 Å². The van der Waals surface area contributed by atoms with E-state index in [-0.39, 0.29) is 30.2 Å². The fourth-order valence-electron chi connectivity index (χ4n) is 3.87. The van der Waals surface area contributed by atoms with Crippen molar-refractivity contribution in [2.24, 2.45) is 5.92 Å². The Kier molecular flexibility index (Phi) is 5.69. The van der Waals surface area contributed by atoms with Gasteiger partial charge >= 0.3 is 5.97 Å². The smallest absolute Gasteiger partial charge is 0.303 e. The van der Waals surface area contributed by atoms with Gasteiger partial charge in [0.15, 0.2) is 11.5 Å². The van der Waals surface area contributed by atoms with E-state index in [1.807, 2.05) is 48.5 Å². The molecule has 29 heavy (non-hydrogen) atoms. The van der Waals surface area contributed by atoms with E-state index >= 15 is 0 Å². The molecule has 0 spiro atoms. The summed E-state index contributed by atoms with van der Waals surface area (Å²) in [5.41, 5.74) is 2.17. The summed E-state index contributed by atoms with van der Waals surface area (Å²) in [6.45, 7) is 1.09. The van der Waals surface area contributed by atoms with E-state index in [4.69, 9.17) is 14.6 Å². The first kappa shape index (κ1) is 19.3. The summed E-state index contributed by atoms with van der Waals surface area (Å²) in [7, 11) is 0. The monoisotopic (exact) mass is 395 g/mol. The second-order valence-electron chi connectivity index (χ2n) is 7.68. The molecule has 0 aromatic heterocycles. The number of carboxylic acids is 1. The van der Waals surface area contributed by atoms with Crippen molar-refractivity contribution in [3.8, 4) is 11.5 Å². The molecule has 152 valence electrons. The summed E-state index contributed by atoms with van der Waals surface area (Å²) >= 11 is 0. The lowest BCUT2D eigenvalue weighted by Gasteiger charge is -2.19. The summed E-state index contributed by atoms with van der Waals surface area (Å²) in [5, 5.41) is 12.1. The average Bonchev–Trinajstić information content (AvgIpc) is 3.53. The van der Waals surface area contributed by atoms with Gasteiger partial charge in [-0.15, -0.1) is 0 Å². The second-order valence-corrected chi connectivity index (χ2v) is 7.68. The fraction of sp³-hybridized carbons (Fsp3) is 0.391. The largest absolute Gasteiger partial charge is 0.486 e. The molecule has 1 amide bonds. The number of hydrogen-bond acceptors (Lipinski definition) is 4. The van der Waals surface area contributed by atoms with Gasteiger partial charge in [0.25, 0.3) is 0 Å². The quantitative estimate of drug-likeness (QED) is 0.717. The predicted octanol–water partition coefficient (Wildman–Crippen LogP) is 3.15. The molecular formula is C23H25NO5. The highest BCUT2D eigenvalue weighted by Gasteiger charge is 2.44. The predicted molar refractivity (Wildman–Crippen MR) is 107 cm³/mol. The van der Waals surface area contributed by atoms with Crippen LogP contribution >= 0.6 is 0 Å². The van der Waals surface area contributed by atoms with Crippen LogP contribution < -0.4 is 14.8 Å². The minimum Gasteiger partial charge on any atom is -0.486 e. The molecule has 1 saturated carbocycles. The number of carbonyl (C=O) groups is 2. The highest BCUT2D eigenvalue weighted by Crippen LogP contribution is 2.49. The number of amides is 1.